The van der Waals surface area contributed by atoms with Crippen LogP contribution in [0.1, 0.15) is 343 Å². The quantitative estimate of drug-likeness (QED) is 0.00673. The molecule has 608 valence electrons. The summed E-state index contributed by atoms with van der Waals surface area (Å²) < 4.78 is 67.2. The standard InChI is InChI=1S/C76H140N2O24P2/c1-6-11-16-21-25-29-30-32-36-41-46-51-66(85)97-61(50-45-40-35-28-24-19-14-9-4)55-65(84)78-70-73(101-68(87)54-60(82)49-44-39-33-27-23-18-13-8-3)76(89,103(90,91)92)63(56-79)99-74(70)96-57-62-71(88)72(100-67(86)53-59(81)48-42-37-20-15-10-5)69(75(98-62)102-104(93,94)95)77-64(83)52-58(80)47-43-38-34-31-26-22-17-12-7-2/h29-30,59-63,69-75,79,81-82,88-89H,6-28,31-57H2,1-5H3,(H,77,83)(H,78,84)(H2,90,91,92)(H2,93,94,95)/b30-29-/t59-,60-,61-,62-,63-,69-,70-,71-,72-,73-,74-,75-,76+/m1/s1. The van der Waals surface area contributed by atoms with Crippen molar-refractivity contribution in [2.24, 2.45) is 0 Å². The minimum absolute atomic E-state index is 0.0175. The lowest BCUT2D eigenvalue weighted by atomic mass is 9.94. The van der Waals surface area contributed by atoms with Gasteiger partial charge in [-0.05, 0) is 64.2 Å². The summed E-state index contributed by atoms with van der Waals surface area (Å²) >= 11 is 0. The van der Waals surface area contributed by atoms with Gasteiger partial charge in [-0.25, -0.2) is 4.57 Å². The van der Waals surface area contributed by atoms with Crippen molar-refractivity contribution in [1.82, 2.24) is 10.6 Å². The molecular weight excluding hydrogens is 1390 g/mol. The van der Waals surface area contributed by atoms with E-state index in [4.69, 9.17) is 32.9 Å². The smallest absolute Gasteiger partial charge is 0.462 e. The SMILES string of the molecule is CCCCCC/C=C\CCCCCC(=O)O[C@H](CCCCCCCCCC)CC(=O)N[C@H]1[C@H](OC[C@H]2O[C@H](OP(=O)(O)O)[C@H](NC(=O)CC(=O)CCCCCCCCCCC)[C@@H](OC(=O)C[C@H](O)CCCCCCC)[C@@H]2O)O[C@H](CO)[C@](O)(P(=O)(O)O)[C@@H]1OC(=O)C[C@H](O)CCCCCCCCCC. The molecule has 2 heterocycles. The molecule has 0 aliphatic carbocycles. The molecule has 104 heavy (non-hydrogen) atoms. The van der Waals surface area contributed by atoms with Crippen LogP contribution in [0.15, 0.2) is 12.2 Å². The topological polar surface area (TPSA) is 407 Å². The normalized spacial score (nSPS) is 22.4. The molecule has 28 heteroatoms. The van der Waals surface area contributed by atoms with Crippen molar-refractivity contribution >= 4 is 50.9 Å². The average Bonchev–Trinajstić information content (AvgIpc) is 0.732. The molecule has 0 bridgehead atoms. The predicted molar refractivity (Wildman–Crippen MR) is 396 cm³/mol. The monoisotopic (exact) mass is 1530 g/mol. The molecule has 2 aliphatic heterocycles. The van der Waals surface area contributed by atoms with Crippen LogP contribution in [0.3, 0.4) is 0 Å². The fraction of sp³-hybridized carbons (Fsp3) is 0.895. The summed E-state index contributed by atoms with van der Waals surface area (Å²) in [6.07, 6.45) is 18.6. The van der Waals surface area contributed by atoms with Crippen LogP contribution < -0.4 is 10.6 Å². The Morgan fingerprint density at radius 1 is 0.500 bits per heavy atom. The number of ether oxygens (including phenoxy) is 6. The van der Waals surface area contributed by atoms with Crippen LogP contribution in [0.25, 0.3) is 0 Å². The van der Waals surface area contributed by atoms with Crippen molar-refractivity contribution in [1.29, 1.82) is 0 Å². The lowest BCUT2D eigenvalue weighted by Crippen LogP contribution is -2.72. The van der Waals surface area contributed by atoms with Gasteiger partial charge in [-0.2, -0.15) is 0 Å². The largest absolute Gasteiger partial charge is 0.472 e. The van der Waals surface area contributed by atoms with Crippen molar-refractivity contribution in [3.8, 4) is 0 Å². The number of phosphoric ester groups is 1. The summed E-state index contributed by atoms with van der Waals surface area (Å²) in [6, 6.07) is -4.21. The van der Waals surface area contributed by atoms with Gasteiger partial charge < -0.3 is 84.2 Å². The van der Waals surface area contributed by atoms with Crippen molar-refractivity contribution < 1.29 is 116 Å². The van der Waals surface area contributed by atoms with E-state index in [1.807, 2.05) is 6.92 Å². The highest BCUT2D eigenvalue weighted by Gasteiger charge is 2.67. The average molecular weight is 1530 g/mol. The van der Waals surface area contributed by atoms with Gasteiger partial charge in [0, 0.05) is 12.8 Å². The fourth-order valence-corrected chi connectivity index (χ4v) is 14.8. The molecule has 2 amide bonds. The van der Waals surface area contributed by atoms with Crippen molar-refractivity contribution in [3.63, 3.8) is 0 Å². The molecule has 0 unspecified atom stereocenters. The van der Waals surface area contributed by atoms with Gasteiger partial charge in [-0.3, -0.25) is 37.9 Å². The highest BCUT2D eigenvalue weighted by molar-refractivity contribution is 7.53. The van der Waals surface area contributed by atoms with E-state index in [0.29, 0.717) is 32.1 Å². The molecule has 0 radical (unpaired) electrons. The first-order valence-electron chi connectivity index (χ1n) is 40.2. The van der Waals surface area contributed by atoms with Crippen LogP contribution in [-0.2, 0) is 70.8 Å². The van der Waals surface area contributed by atoms with Gasteiger partial charge in [-0.15, -0.1) is 0 Å². The van der Waals surface area contributed by atoms with E-state index in [9.17, 15) is 83.0 Å². The highest BCUT2D eigenvalue weighted by Crippen LogP contribution is 2.57. The molecule has 2 fully saturated rings. The number of carbonyl (C=O) groups excluding carboxylic acids is 6. The Kier molecular flexibility index (Phi) is 53.7. The number of phosphoric acid groups is 1. The third-order valence-electron chi connectivity index (χ3n) is 19.5. The Hall–Kier alpha value is -3.30. The molecule has 11 N–H and O–H groups in total. The molecule has 0 aromatic heterocycles. The van der Waals surface area contributed by atoms with E-state index in [1.54, 1.807) is 0 Å². The van der Waals surface area contributed by atoms with E-state index in [2.05, 4.69) is 50.5 Å². The maximum atomic E-state index is 14.8. The van der Waals surface area contributed by atoms with Crippen LogP contribution in [0.4, 0.5) is 0 Å². The number of aliphatic hydroxyl groups is 5. The van der Waals surface area contributed by atoms with Gasteiger partial charge in [0.25, 0.3) is 0 Å². The number of rotatable bonds is 65. The Labute approximate surface area is 621 Å². The Morgan fingerprint density at radius 2 is 0.923 bits per heavy atom. The molecule has 0 aromatic rings. The van der Waals surface area contributed by atoms with E-state index in [-0.39, 0.29) is 32.1 Å². The minimum atomic E-state index is -6.12. The number of carbonyl (C=O) groups is 6. The number of esters is 3. The van der Waals surface area contributed by atoms with Crippen LogP contribution in [0.2, 0.25) is 0 Å². The number of ketones is 1. The van der Waals surface area contributed by atoms with E-state index < -0.39 is 169 Å². The maximum absolute atomic E-state index is 14.8. The van der Waals surface area contributed by atoms with Crippen molar-refractivity contribution in [2.75, 3.05) is 13.2 Å². The number of Topliss-reactive ketones (excluding diaryl/α,β-unsaturated/α-hetero) is 1. The zero-order valence-electron chi connectivity index (χ0n) is 64.0. The van der Waals surface area contributed by atoms with Gasteiger partial charge in [0.05, 0.1) is 51.1 Å². The second-order valence-electron chi connectivity index (χ2n) is 29.0. The van der Waals surface area contributed by atoms with E-state index in [0.717, 1.165) is 205 Å². The predicted octanol–water partition coefficient (Wildman–Crippen LogP) is 13.2. The number of hydrogen-bond acceptors (Lipinski definition) is 20. The number of hydrogen-bond donors (Lipinski definition) is 11. The van der Waals surface area contributed by atoms with Crippen LogP contribution in [-0.4, -0.2) is 173 Å². The first-order valence-corrected chi connectivity index (χ1v) is 43.4. The maximum Gasteiger partial charge on any atom is 0.472 e. The third-order valence-corrected chi connectivity index (χ3v) is 21.4. The zero-order chi connectivity index (χ0) is 77.0. The summed E-state index contributed by atoms with van der Waals surface area (Å²) in [4.78, 5) is 126. The summed E-state index contributed by atoms with van der Waals surface area (Å²) in [6.45, 7) is 8.07. The van der Waals surface area contributed by atoms with E-state index in [1.165, 1.54) is 12.8 Å². The van der Waals surface area contributed by atoms with Crippen LogP contribution in [0, 0.1) is 0 Å². The summed E-state index contributed by atoms with van der Waals surface area (Å²) in [5.74, 6) is -5.60. The number of aliphatic hydroxyl groups excluding tert-OH is 4. The first kappa shape index (κ1) is 96.8. The third kappa shape index (κ3) is 42.6. The van der Waals surface area contributed by atoms with Gasteiger partial charge in [-0.1, -0.05) is 252 Å². The van der Waals surface area contributed by atoms with Crippen molar-refractivity contribution in [2.45, 2.75) is 422 Å². The number of amides is 2. The second kappa shape index (κ2) is 57.7. The zero-order valence-corrected chi connectivity index (χ0v) is 65.8. The van der Waals surface area contributed by atoms with Gasteiger partial charge in [0.1, 0.15) is 42.3 Å². The molecule has 0 saturated carbocycles. The highest BCUT2D eigenvalue weighted by atomic mass is 31.2. The Morgan fingerprint density at radius 3 is 1.39 bits per heavy atom. The van der Waals surface area contributed by atoms with Gasteiger partial charge in [0.15, 0.2) is 24.8 Å². The summed E-state index contributed by atoms with van der Waals surface area (Å²) in [5.41, 5.74) is 0. The molecule has 0 aromatic carbocycles. The lowest BCUT2D eigenvalue weighted by Gasteiger charge is -2.50. The van der Waals surface area contributed by atoms with Gasteiger partial charge >= 0.3 is 33.3 Å². The molecule has 13 atom stereocenters. The van der Waals surface area contributed by atoms with E-state index >= 15 is 0 Å². The minimum Gasteiger partial charge on any atom is -0.462 e. The Bertz CT molecular complexity index is 2430. The number of unbranched alkanes of at least 4 members (excludes halogenated alkanes) is 33. The molecule has 2 saturated heterocycles. The molecular formula is C76H140N2O24P2. The summed E-state index contributed by atoms with van der Waals surface area (Å²) in [7, 11) is -11.8. The first-order chi connectivity index (χ1) is 49.8. The fourth-order valence-electron chi connectivity index (χ4n) is 13.3. The Balaban J connectivity index is 2.71. The lowest BCUT2D eigenvalue weighted by molar-refractivity contribution is -0.307. The molecule has 0 spiro atoms. The van der Waals surface area contributed by atoms with Crippen molar-refractivity contribution in [3.05, 3.63) is 12.2 Å². The van der Waals surface area contributed by atoms with Crippen LogP contribution >= 0.6 is 15.4 Å². The molecule has 2 rings (SSSR count). The number of allylic oxidation sites excluding steroid dienone is 2. The van der Waals surface area contributed by atoms with Gasteiger partial charge in [0.2, 0.25) is 17.2 Å². The molecule has 26 nitrogen and oxygen atoms in total. The summed E-state index contributed by atoms with van der Waals surface area (Å²) in [5, 5.41) is 58.9. The number of nitrogens with one attached hydrogen (secondary N) is 2. The second-order valence-corrected chi connectivity index (χ2v) is 32.0. The molecule has 2 aliphatic rings. The van der Waals surface area contributed by atoms with Crippen LogP contribution in [0.5, 0.6) is 0 Å².